The van der Waals surface area contributed by atoms with Crippen LogP contribution in [0.15, 0.2) is 24.3 Å². The summed E-state index contributed by atoms with van der Waals surface area (Å²) in [5.41, 5.74) is -0.0270. The van der Waals surface area contributed by atoms with Crippen LogP contribution in [0.5, 0.6) is 0 Å². The van der Waals surface area contributed by atoms with Crippen molar-refractivity contribution in [1.82, 2.24) is 9.80 Å². The van der Waals surface area contributed by atoms with Gasteiger partial charge in [0, 0.05) is 18.8 Å². The lowest BCUT2D eigenvalue weighted by Gasteiger charge is -2.35. The van der Waals surface area contributed by atoms with E-state index in [4.69, 9.17) is 4.74 Å². The number of hydrogen-bond donors (Lipinski definition) is 0. The Kier molecular flexibility index (Phi) is 6.36. The average molecular weight is 394 g/mol. The summed E-state index contributed by atoms with van der Waals surface area (Å²) < 4.78 is 19.1. The maximum atomic E-state index is 14.0. The lowest BCUT2D eigenvalue weighted by atomic mass is 9.97. The van der Waals surface area contributed by atoms with E-state index in [-0.39, 0.29) is 23.4 Å². The molecule has 0 saturated carbocycles. The minimum atomic E-state index is -0.636. The SMILES string of the molecule is CCOC(=O)C1CCCN(C(=O)C2CSCN2C(=O)c2ccccc2F)C1. The Morgan fingerprint density at radius 2 is 2.07 bits per heavy atom. The maximum Gasteiger partial charge on any atom is 0.310 e. The van der Waals surface area contributed by atoms with Crippen LogP contribution in [0.1, 0.15) is 30.1 Å². The van der Waals surface area contributed by atoms with Crippen molar-refractivity contribution < 1.29 is 23.5 Å². The van der Waals surface area contributed by atoms with Gasteiger partial charge in [-0.1, -0.05) is 12.1 Å². The predicted molar refractivity (Wildman–Crippen MR) is 99.6 cm³/mol. The van der Waals surface area contributed by atoms with Crippen molar-refractivity contribution in [3.63, 3.8) is 0 Å². The molecule has 2 saturated heterocycles. The summed E-state index contributed by atoms with van der Waals surface area (Å²) in [6.45, 7) is 2.93. The molecule has 1 aromatic rings. The first-order valence-corrected chi connectivity index (χ1v) is 10.3. The lowest BCUT2D eigenvalue weighted by molar-refractivity contribution is -0.151. The van der Waals surface area contributed by atoms with Crippen LogP contribution in [-0.2, 0) is 14.3 Å². The Balaban J connectivity index is 1.71. The molecule has 2 fully saturated rings. The van der Waals surface area contributed by atoms with Gasteiger partial charge >= 0.3 is 5.97 Å². The first kappa shape index (κ1) is 19.7. The van der Waals surface area contributed by atoms with E-state index < -0.39 is 17.8 Å². The van der Waals surface area contributed by atoms with Crippen LogP contribution >= 0.6 is 11.8 Å². The molecule has 2 amide bonds. The van der Waals surface area contributed by atoms with E-state index in [1.54, 1.807) is 17.9 Å². The molecule has 27 heavy (non-hydrogen) atoms. The van der Waals surface area contributed by atoms with Gasteiger partial charge in [0.1, 0.15) is 11.9 Å². The van der Waals surface area contributed by atoms with E-state index in [1.807, 2.05) is 0 Å². The van der Waals surface area contributed by atoms with Gasteiger partial charge in [-0.25, -0.2) is 4.39 Å². The Bertz CT molecular complexity index is 729. The zero-order chi connectivity index (χ0) is 19.4. The summed E-state index contributed by atoms with van der Waals surface area (Å²) in [4.78, 5) is 40.9. The van der Waals surface area contributed by atoms with Crippen LogP contribution in [0.3, 0.4) is 0 Å². The van der Waals surface area contributed by atoms with E-state index in [9.17, 15) is 18.8 Å². The van der Waals surface area contributed by atoms with E-state index >= 15 is 0 Å². The predicted octanol–water partition coefficient (Wildman–Crippen LogP) is 2.14. The molecule has 2 unspecified atom stereocenters. The molecule has 0 bridgehead atoms. The van der Waals surface area contributed by atoms with Crippen molar-refractivity contribution in [2.45, 2.75) is 25.8 Å². The number of thioether (sulfide) groups is 1. The highest BCUT2D eigenvalue weighted by Crippen LogP contribution is 2.27. The van der Waals surface area contributed by atoms with Crippen LogP contribution in [0.2, 0.25) is 0 Å². The van der Waals surface area contributed by atoms with E-state index in [2.05, 4.69) is 0 Å². The number of halogens is 1. The average Bonchev–Trinajstić information content (AvgIpc) is 3.17. The van der Waals surface area contributed by atoms with Crippen molar-refractivity contribution in [1.29, 1.82) is 0 Å². The fourth-order valence-electron chi connectivity index (χ4n) is 3.48. The number of amides is 2. The normalized spacial score (nSPS) is 22.6. The molecule has 0 aromatic heterocycles. The van der Waals surface area contributed by atoms with Crippen molar-refractivity contribution in [2.24, 2.45) is 5.92 Å². The maximum absolute atomic E-state index is 14.0. The van der Waals surface area contributed by atoms with E-state index in [1.165, 1.54) is 34.9 Å². The van der Waals surface area contributed by atoms with Crippen LogP contribution in [-0.4, -0.2) is 65.0 Å². The first-order valence-electron chi connectivity index (χ1n) is 9.11. The lowest BCUT2D eigenvalue weighted by Crippen LogP contribution is -2.52. The number of hydrogen-bond acceptors (Lipinski definition) is 5. The summed E-state index contributed by atoms with van der Waals surface area (Å²) >= 11 is 1.47. The van der Waals surface area contributed by atoms with Crippen LogP contribution in [0.25, 0.3) is 0 Å². The fraction of sp³-hybridized carbons (Fsp3) is 0.526. The van der Waals surface area contributed by atoms with E-state index in [0.29, 0.717) is 37.7 Å². The van der Waals surface area contributed by atoms with E-state index in [0.717, 1.165) is 6.42 Å². The number of likely N-dealkylation sites (tertiary alicyclic amines) is 1. The minimum Gasteiger partial charge on any atom is -0.466 e. The number of carbonyl (C=O) groups excluding carboxylic acids is 3. The molecule has 3 rings (SSSR count). The highest BCUT2D eigenvalue weighted by Gasteiger charge is 2.40. The van der Waals surface area contributed by atoms with Crippen molar-refractivity contribution >= 4 is 29.5 Å². The molecule has 2 atom stereocenters. The highest BCUT2D eigenvalue weighted by molar-refractivity contribution is 7.99. The standard InChI is InChI=1S/C19H23FN2O4S/c1-2-26-19(25)13-6-5-9-21(10-13)18(24)16-11-27-12-22(16)17(23)14-7-3-4-8-15(14)20/h3-4,7-8,13,16H,2,5-6,9-12H2,1H3. The molecule has 8 heteroatoms. The summed E-state index contributed by atoms with van der Waals surface area (Å²) in [5, 5.41) is 0. The Morgan fingerprint density at radius 1 is 1.30 bits per heavy atom. The molecular weight excluding hydrogens is 371 g/mol. The molecule has 2 aliphatic rings. The van der Waals surface area contributed by atoms with Gasteiger partial charge < -0.3 is 14.5 Å². The number of piperidine rings is 1. The number of esters is 1. The smallest absolute Gasteiger partial charge is 0.310 e. The molecule has 0 aliphatic carbocycles. The van der Waals surface area contributed by atoms with Gasteiger partial charge in [0.05, 0.1) is 24.0 Å². The zero-order valence-corrected chi connectivity index (χ0v) is 16.0. The number of ether oxygens (including phenoxy) is 1. The molecule has 0 spiro atoms. The Morgan fingerprint density at radius 3 is 2.81 bits per heavy atom. The number of rotatable bonds is 4. The number of nitrogens with zero attached hydrogens (tertiary/aromatic N) is 2. The molecule has 2 heterocycles. The molecule has 146 valence electrons. The molecular formula is C19H23FN2O4S. The largest absolute Gasteiger partial charge is 0.466 e. The summed E-state index contributed by atoms with van der Waals surface area (Å²) in [5.74, 6) is -1.04. The minimum absolute atomic E-state index is 0.0270. The van der Waals surface area contributed by atoms with Gasteiger partial charge in [-0.2, -0.15) is 0 Å². The second-order valence-electron chi connectivity index (χ2n) is 6.65. The van der Waals surface area contributed by atoms with Crippen molar-refractivity contribution in [3.05, 3.63) is 35.6 Å². The third-order valence-corrected chi connectivity index (χ3v) is 5.90. The monoisotopic (exact) mass is 394 g/mol. The number of benzene rings is 1. The zero-order valence-electron chi connectivity index (χ0n) is 15.2. The topological polar surface area (TPSA) is 66.9 Å². The molecule has 2 aliphatic heterocycles. The molecule has 1 aromatic carbocycles. The highest BCUT2D eigenvalue weighted by atomic mass is 32.2. The molecule has 6 nitrogen and oxygen atoms in total. The van der Waals surface area contributed by atoms with Gasteiger partial charge in [-0.3, -0.25) is 14.4 Å². The third kappa shape index (κ3) is 4.26. The quantitative estimate of drug-likeness (QED) is 0.732. The van der Waals surface area contributed by atoms with Gasteiger partial charge in [0.2, 0.25) is 5.91 Å². The Hall–Kier alpha value is -2.09. The summed E-state index contributed by atoms with van der Waals surface area (Å²) in [6, 6.07) is 5.16. The molecule has 0 radical (unpaired) electrons. The fourth-order valence-corrected chi connectivity index (χ4v) is 4.62. The third-order valence-electron chi connectivity index (χ3n) is 4.89. The second-order valence-corrected chi connectivity index (χ2v) is 7.65. The van der Waals surface area contributed by atoms with Crippen molar-refractivity contribution in [3.8, 4) is 0 Å². The summed E-state index contributed by atoms with van der Waals surface area (Å²) in [7, 11) is 0. The van der Waals surface area contributed by atoms with Gasteiger partial charge in [0.15, 0.2) is 0 Å². The number of carbonyl (C=O) groups is 3. The second kappa shape index (κ2) is 8.73. The Labute approximate surface area is 162 Å². The first-order chi connectivity index (χ1) is 13.0. The van der Waals surface area contributed by atoms with Crippen LogP contribution in [0, 0.1) is 11.7 Å². The van der Waals surface area contributed by atoms with Crippen LogP contribution in [0.4, 0.5) is 4.39 Å². The summed E-state index contributed by atoms with van der Waals surface area (Å²) in [6.07, 6.45) is 1.41. The molecule has 0 N–H and O–H groups in total. The van der Waals surface area contributed by atoms with Gasteiger partial charge in [0.25, 0.3) is 5.91 Å². The van der Waals surface area contributed by atoms with Crippen molar-refractivity contribution in [2.75, 3.05) is 31.3 Å². The van der Waals surface area contributed by atoms with Gasteiger partial charge in [-0.05, 0) is 31.9 Å². The van der Waals surface area contributed by atoms with Crippen LogP contribution < -0.4 is 0 Å². The van der Waals surface area contributed by atoms with Gasteiger partial charge in [-0.15, -0.1) is 11.8 Å².